The number of hydrogen-bond acceptors (Lipinski definition) is 3. The third kappa shape index (κ3) is 3.90. The molecule has 0 N–H and O–H groups in total. The number of imidazole rings is 1. The second kappa shape index (κ2) is 7.56. The highest BCUT2D eigenvalue weighted by Gasteiger charge is 2.26. The van der Waals surface area contributed by atoms with Gasteiger partial charge in [-0.1, -0.05) is 23.7 Å². The van der Waals surface area contributed by atoms with Gasteiger partial charge in [0.2, 0.25) is 0 Å². The summed E-state index contributed by atoms with van der Waals surface area (Å²) in [5.74, 6) is 0.442. The Kier molecular flexibility index (Phi) is 4.99. The van der Waals surface area contributed by atoms with Crippen LogP contribution in [0.15, 0.2) is 49.1 Å². The van der Waals surface area contributed by atoms with Crippen LogP contribution in [-0.4, -0.2) is 43.2 Å². The van der Waals surface area contributed by atoms with Crippen molar-refractivity contribution in [3.05, 3.63) is 59.8 Å². The van der Waals surface area contributed by atoms with Crippen molar-refractivity contribution >= 4 is 17.5 Å². The van der Waals surface area contributed by atoms with Gasteiger partial charge >= 0.3 is 0 Å². The monoisotopic (exact) mass is 383 g/mol. The zero-order valence-corrected chi connectivity index (χ0v) is 16.0. The molecule has 3 aromatic rings. The summed E-state index contributed by atoms with van der Waals surface area (Å²) in [4.78, 5) is 19.0. The first-order chi connectivity index (χ1) is 13.1. The summed E-state index contributed by atoms with van der Waals surface area (Å²) in [7, 11) is 1.86. The number of carbonyl (C=O) groups is 1. The number of aromatic nitrogens is 4. The SMILES string of the molecule is Cn1nc(C(=O)N2CCCC(Cn3ccnc3)C2)cc1-c1ccc(Cl)cc1. The van der Waals surface area contributed by atoms with Crippen molar-refractivity contribution in [1.82, 2.24) is 24.2 Å². The van der Waals surface area contributed by atoms with Crippen LogP contribution >= 0.6 is 11.6 Å². The first kappa shape index (κ1) is 17.8. The van der Waals surface area contributed by atoms with Crippen molar-refractivity contribution in [2.45, 2.75) is 19.4 Å². The van der Waals surface area contributed by atoms with Crippen LogP contribution in [0.25, 0.3) is 11.3 Å². The van der Waals surface area contributed by atoms with Gasteiger partial charge in [-0.2, -0.15) is 5.10 Å². The summed E-state index contributed by atoms with van der Waals surface area (Å²) in [6, 6.07) is 9.43. The maximum absolute atomic E-state index is 13.0. The first-order valence-electron chi connectivity index (χ1n) is 9.15. The number of carbonyl (C=O) groups excluding carboxylic acids is 1. The number of rotatable bonds is 4. The molecule has 1 aromatic carbocycles. The minimum Gasteiger partial charge on any atom is -0.337 e. The minimum absolute atomic E-state index is 0.00106. The number of nitrogens with zero attached hydrogens (tertiary/aromatic N) is 5. The third-order valence-electron chi connectivity index (χ3n) is 5.07. The number of aryl methyl sites for hydroxylation is 1. The van der Waals surface area contributed by atoms with E-state index in [2.05, 4.69) is 14.6 Å². The Bertz CT molecular complexity index is 917. The Morgan fingerprint density at radius 1 is 1.30 bits per heavy atom. The van der Waals surface area contributed by atoms with Gasteiger partial charge in [-0.25, -0.2) is 4.98 Å². The molecule has 1 saturated heterocycles. The van der Waals surface area contributed by atoms with Gasteiger partial charge in [0, 0.05) is 44.1 Å². The molecule has 140 valence electrons. The molecule has 2 aromatic heterocycles. The van der Waals surface area contributed by atoms with Gasteiger partial charge in [0.15, 0.2) is 5.69 Å². The molecule has 3 heterocycles. The largest absolute Gasteiger partial charge is 0.337 e. The molecule has 7 heteroatoms. The standard InChI is InChI=1S/C20H22ClN5O/c1-24-19(16-4-6-17(21)7-5-16)11-18(23-24)20(27)26-9-2-3-15(13-26)12-25-10-8-22-14-25/h4-8,10-11,14-15H,2-3,9,12-13H2,1H3. The maximum atomic E-state index is 13.0. The van der Waals surface area contributed by atoms with Crippen LogP contribution in [0.4, 0.5) is 0 Å². The Balaban J connectivity index is 1.49. The van der Waals surface area contributed by atoms with Crippen molar-refractivity contribution in [2.75, 3.05) is 13.1 Å². The molecule has 0 radical (unpaired) electrons. The van der Waals surface area contributed by atoms with Gasteiger partial charge in [0.1, 0.15) is 0 Å². The van der Waals surface area contributed by atoms with Crippen LogP contribution in [0, 0.1) is 5.92 Å². The lowest BCUT2D eigenvalue weighted by atomic mass is 9.97. The van der Waals surface area contributed by atoms with E-state index in [0.29, 0.717) is 16.6 Å². The summed E-state index contributed by atoms with van der Waals surface area (Å²) in [6.07, 6.45) is 7.73. The summed E-state index contributed by atoms with van der Waals surface area (Å²) < 4.78 is 3.83. The molecule has 0 bridgehead atoms. The second-order valence-corrected chi connectivity index (χ2v) is 7.50. The molecular weight excluding hydrogens is 362 g/mol. The lowest BCUT2D eigenvalue weighted by Crippen LogP contribution is -2.41. The van der Waals surface area contributed by atoms with Crippen molar-refractivity contribution in [3.8, 4) is 11.3 Å². The van der Waals surface area contributed by atoms with Gasteiger partial charge in [-0.3, -0.25) is 9.48 Å². The summed E-state index contributed by atoms with van der Waals surface area (Å²) in [5.41, 5.74) is 2.39. The molecule has 1 aliphatic rings. The molecule has 0 saturated carbocycles. The molecule has 1 atom stereocenters. The van der Waals surface area contributed by atoms with E-state index in [4.69, 9.17) is 11.6 Å². The molecule has 27 heavy (non-hydrogen) atoms. The zero-order chi connectivity index (χ0) is 18.8. The molecule has 1 aliphatic heterocycles. The number of hydrogen-bond donors (Lipinski definition) is 0. The molecule has 0 spiro atoms. The lowest BCUT2D eigenvalue weighted by molar-refractivity contribution is 0.0655. The number of piperidine rings is 1. The van der Waals surface area contributed by atoms with E-state index in [-0.39, 0.29) is 5.91 Å². The van der Waals surface area contributed by atoms with Crippen LogP contribution < -0.4 is 0 Å². The van der Waals surface area contributed by atoms with E-state index in [1.165, 1.54) is 0 Å². The van der Waals surface area contributed by atoms with Gasteiger partial charge in [0.25, 0.3) is 5.91 Å². The number of amides is 1. The Labute approximate surface area is 163 Å². The van der Waals surface area contributed by atoms with Crippen molar-refractivity contribution in [3.63, 3.8) is 0 Å². The minimum atomic E-state index is 0.00106. The topological polar surface area (TPSA) is 56.0 Å². The highest BCUT2D eigenvalue weighted by Crippen LogP contribution is 2.24. The zero-order valence-electron chi connectivity index (χ0n) is 15.3. The van der Waals surface area contributed by atoms with Crippen molar-refractivity contribution in [1.29, 1.82) is 0 Å². The van der Waals surface area contributed by atoms with E-state index < -0.39 is 0 Å². The smallest absolute Gasteiger partial charge is 0.274 e. The predicted molar refractivity (Wildman–Crippen MR) is 105 cm³/mol. The van der Waals surface area contributed by atoms with Crippen LogP contribution in [0.2, 0.25) is 5.02 Å². The Hall–Kier alpha value is -2.60. The third-order valence-corrected chi connectivity index (χ3v) is 5.33. The number of likely N-dealkylation sites (tertiary alicyclic amines) is 1. The molecule has 1 amide bonds. The molecule has 1 fully saturated rings. The highest BCUT2D eigenvalue weighted by molar-refractivity contribution is 6.30. The highest BCUT2D eigenvalue weighted by atomic mass is 35.5. The maximum Gasteiger partial charge on any atom is 0.274 e. The van der Waals surface area contributed by atoms with Gasteiger partial charge in [0.05, 0.1) is 12.0 Å². The average molecular weight is 384 g/mol. The second-order valence-electron chi connectivity index (χ2n) is 7.06. The fourth-order valence-corrected chi connectivity index (χ4v) is 3.84. The van der Waals surface area contributed by atoms with Crippen LogP contribution in [-0.2, 0) is 13.6 Å². The van der Waals surface area contributed by atoms with Crippen molar-refractivity contribution in [2.24, 2.45) is 13.0 Å². The van der Waals surface area contributed by atoms with Gasteiger partial charge in [-0.15, -0.1) is 0 Å². The van der Waals surface area contributed by atoms with Gasteiger partial charge in [-0.05, 0) is 42.5 Å². The fourth-order valence-electron chi connectivity index (χ4n) is 3.72. The number of benzene rings is 1. The van der Waals surface area contributed by atoms with Crippen molar-refractivity contribution < 1.29 is 4.79 Å². The molecule has 6 nitrogen and oxygen atoms in total. The normalized spacial score (nSPS) is 17.3. The quantitative estimate of drug-likeness (QED) is 0.693. The van der Waals surface area contributed by atoms with E-state index in [1.807, 2.05) is 54.8 Å². The summed E-state index contributed by atoms with van der Waals surface area (Å²) in [6.45, 7) is 2.43. The van der Waals surface area contributed by atoms with Crippen LogP contribution in [0.1, 0.15) is 23.3 Å². The van der Waals surface area contributed by atoms with E-state index in [9.17, 15) is 4.79 Å². The predicted octanol–water partition coefficient (Wildman–Crippen LogP) is 3.49. The average Bonchev–Trinajstić information content (AvgIpc) is 3.32. The van der Waals surface area contributed by atoms with E-state index in [1.54, 1.807) is 10.9 Å². The molecular formula is C20H22ClN5O. The summed E-state index contributed by atoms with van der Waals surface area (Å²) in [5, 5.41) is 5.15. The lowest BCUT2D eigenvalue weighted by Gasteiger charge is -2.32. The number of halogens is 1. The Morgan fingerprint density at radius 3 is 2.85 bits per heavy atom. The molecule has 4 rings (SSSR count). The summed E-state index contributed by atoms with van der Waals surface area (Å²) >= 11 is 5.97. The van der Waals surface area contributed by atoms with Crippen LogP contribution in [0.5, 0.6) is 0 Å². The molecule has 1 unspecified atom stereocenters. The van der Waals surface area contributed by atoms with Gasteiger partial charge < -0.3 is 9.47 Å². The van der Waals surface area contributed by atoms with E-state index in [0.717, 1.165) is 43.7 Å². The van der Waals surface area contributed by atoms with E-state index >= 15 is 0 Å². The first-order valence-corrected chi connectivity index (χ1v) is 9.53. The Morgan fingerprint density at radius 2 is 2.11 bits per heavy atom. The fraction of sp³-hybridized carbons (Fsp3) is 0.350. The van der Waals surface area contributed by atoms with Crippen LogP contribution in [0.3, 0.4) is 0 Å². The molecule has 0 aliphatic carbocycles.